The van der Waals surface area contributed by atoms with Crippen LogP contribution in [-0.2, 0) is 0 Å². The molecule has 0 saturated carbocycles. The van der Waals surface area contributed by atoms with E-state index in [1.54, 1.807) is 24.3 Å². The molecule has 5 heteroatoms. The van der Waals surface area contributed by atoms with Crippen molar-refractivity contribution in [2.45, 2.75) is 32.4 Å². The molecule has 0 spiro atoms. The molecule has 0 aromatic heterocycles. The van der Waals surface area contributed by atoms with Crippen LogP contribution in [0.4, 0.5) is 0 Å². The summed E-state index contributed by atoms with van der Waals surface area (Å²) in [5.74, 6) is -0.493. The summed E-state index contributed by atoms with van der Waals surface area (Å²) < 4.78 is 0. The van der Waals surface area contributed by atoms with E-state index in [0.29, 0.717) is 17.2 Å². The van der Waals surface area contributed by atoms with Crippen LogP contribution in [0.25, 0.3) is 0 Å². The van der Waals surface area contributed by atoms with Crippen LogP contribution in [0.2, 0.25) is 0 Å². The van der Waals surface area contributed by atoms with Crippen molar-refractivity contribution < 1.29 is 9.59 Å². The summed E-state index contributed by atoms with van der Waals surface area (Å²) in [6, 6.07) is 7.27. The highest BCUT2D eigenvalue weighted by Gasteiger charge is 2.29. The van der Waals surface area contributed by atoms with Gasteiger partial charge in [0.05, 0.1) is 0 Å². The third kappa shape index (κ3) is 3.42. The maximum absolute atomic E-state index is 12.5. The van der Waals surface area contributed by atoms with Crippen molar-refractivity contribution in [2.75, 3.05) is 20.1 Å². The minimum absolute atomic E-state index is 0.0124. The predicted octanol–water partition coefficient (Wildman–Crippen LogP) is 1.34. The Morgan fingerprint density at radius 2 is 1.81 bits per heavy atom. The zero-order chi connectivity index (χ0) is 15.6. The maximum Gasteiger partial charge on any atom is 0.253 e. The SMILES string of the molecule is CC(C)N1CCC(N(C)C(=O)c2ccc(C(N)=O)cc2)C1. The molecule has 1 atom stereocenters. The molecule has 2 rings (SSSR count). The third-order valence-corrected chi connectivity index (χ3v) is 4.21. The van der Waals surface area contributed by atoms with Crippen LogP contribution in [0, 0.1) is 0 Å². The summed E-state index contributed by atoms with van der Waals surface area (Å²) in [5, 5.41) is 0. The molecule has 2 N–H and O–H groups in total. The number of hydrogen-bond donors (Lipinski definition) is 1. The van der Waals surface area contributed by atoms with E-state index in [0.717, 1.165) is 19.5 Å². The van der Waals surface area contributed by atoms with Crippen LogP contribution in [0.5, 0.6) is 0 Å². The normalized spacial score (nSPS) is 19.0. The molecule has 21 heavy (non-hydrogen) atoms. The van der Waals surface area contributed by atoms with Crippen molar-refractivity contribution >= 4 is 11.8 Å². The standard InChI is InChI=1S/C16H23N3O2/c1-11(2)19-9-8-14(10-19)18(3)16(21)13-6-4-12(5-7-13)15(17)20/h4-7,11,14H,8-10H2,1-3H3,(H2,17,20). The highest BCUT2D eigenvalue weighted by atomic mass is 16.2. The van der Waals surface area contributed by atoms with Crippen LogP contribution in [0.3, 0.4) is 0 Å². The molecule has 1 saturated heterocycles. The van der Waals surface area contributed by atoms with Crippen molar-refractivity contribution in [3.05, 3.63) is 35.4 Å². The number of likely N-dealkylation sites (N-methyl/N-ethyl adjacent to an activating group) is 1. The molecule has 5 nitrogen and oxygen atoms in total. The Morgan fingerprint density at radius 3 is 2.29 bits per heavy atom. The van der Waals surface area contributed by atoms with Crippen LogP contribution in [0.1, 0.15) is 41.0 Å². The third-order valence-electron chi connectivity index (χ3n) is 4.21. The molecule has 1 aromatic rings. The van der Waals surface area contributed by atoms with Gasteiger partial charge in [0.1, 0.15) is 0 Å². The van der Waals surface area contributed by atoms with E-state index in [1.807, 2.05) is 11.9 Å². The Labute approximate surface area is 125 Å². The number of carbonyl (C=O) groups is 2. The number of rotatable bonds is 4. The molecule has 1 fully saturated rings. The molecule has 1 unspecified atom stereocenters. The van der Waals surface area contributed by atoms with Crippen LogP contribution in [0.15, 0.2) is 24.3 Å². The lowest BCUT2D eigenvalue weighted by molar-refractivity contribution is 0.0731. The highest BCUT2D eigenvalue weighted by Crippen LogP contribution is 2.18. The predicted molar refractivity (Wildman–Crippen MR) is 82.2 cm³/mol. The van der Waals surface area contributed by atoms with E-state index in [1.165, 1.54) is 0 Å². The Morgan fingerprint density at radius 1 is 1.24 bits per heavy atom. The number of likely N-dealkylation sites (tertiary alicyclic amines) is 1. The summed E-state index contributed by atoms with van der Waals surface area (Å²) in [6.45, 7) is 6.29. The number of carbonyl (C=O) groups excluding carboxylic acids is 2. The fraction of sp³-hybridized carbons (Fsp3) is 0.500. The fourth-order valence-corrected chi connectivity index (χ4v) is 2.70. The molecule has 0 aliphatic carbocycles. The van der Waals surface area contributed by atoms with Gasteiger partial charge in [-0.15, -0.1) is 0 Å². The molecule has 114 valence electrons. The first kappa shape index (κ1) is 15.5. The van der Waals surface area contributed by atoms with Gasteiger partial charge in [-0.2, -0.15) is 0 Å². The lowest BCUT2D eigenvalue weighted by Gasteiger charge is -2.26. The van der Waals surface area contributed by atoms with Gasteiger partial charge in [0.25, 0.3) is 5.91 Å². The monoisotopic (exact) mass is 289 g/mol. The van der Waals surface area contributed by atoms with E-state index in [4.69, 9.17) is 5.73 Å². The van der Waals surface area contributed by atoms with Crippen molar-refractivity contribution in [2.24, 2.45) is 5.73 Å². The summed E-state index contributed by atoms with van der Waals surface area (Å²) in [5.41, 5.74) is 6.21. The molecule has 1 aromatic carbocycles. The molecule has 1 aliphatic rings. The van der Waals surface area contributed by atoms with Crippen LogP contribution >= 0.6 is 0 Å². The van der Waals surface area contributed by atoms with Gasteiger partial charge in [0, 0.05) is 43.3 Å². The van der Waals surface area contributed by atoms with E-state index >= 15 is 0 Å². The van der Waals surface area contributed by atoms with Gasteiger partial charge in [0.15, 0.2) is 0 Å². The molecule has 2 amide bonds. The number of hydrogen-bond acceptors (Lipinski definition) is 3. The first-order valence-electron chi connectivity index (χ1n) is 7.31. The number of primary amides is 1. The lowest BCUT2D eigenvalue weighted by atomic mass is 10.1. The quantitative estimate of drug-likeness (QED) is 0.909. The molecule has 1 heterocycles. The second kappa shape index (κ2) is 6.26. The second-order valence-electron chi connectivity index (χ2n) is 5.89. The Hall–Kier alpha value is -1.88. The van der Waals surface area contributed by atoms with Crippen LogP contribution < -0.4 is 5.73 Å². The van der Waals surface area contributed by atoms with Crippen molar-refractivity contribution in [1.82, 2.24) is 9.80 Å². The molecular formula is C16H23N3O2. The highest BCUT2D eigenvalue weighted by molar-refractivity contribution is 5.97. The smallest absolute Gasteiger partial charge is 0.253 e. The van der Waals surface area contributed by atoms with Gasteiger partial charge in [-0.25, -0.2) is 0 Å². The minimum atomic E-state index is -0.481. The maximum atomic E-state index is 12.5. The summed E-state index contributed by atoms with van der Waals surface area (Å²) in [4.78, 5) is 27.7. The average Bonchev–Trinajstić information content (AvgIpc) is 2.96. The Balaban J connectivity index is 2.04. The zero-order valence-electron chi connectivity index (χ0n) is 12.9. The molecule has 0 radical (unpaired) electrons. The Bertz CT molecular complexity index is 525. The van der Waals surface area contributed by atoms with E-state index in [2.05, 4.69) is 18.7 Å². The Kier molecular flexibility index (Phi) is 4.63. The lowest BCUT2D eigenvalue weighted by Crippen LogP contribution is -2.40. The van der Waals surface area contributed by atoms with Crippen LogP contribution in [-0.4, -0.2) is 53.8 Å². The van der Waals surface area contributed by atoms with Gasteiger partial charge in [-0.3, -0.25) is 14.5 Å². The zero-order valence-corrected chi connectivity index (χ0v) is 12.9. The van der Waals surface area contributed by atoms with E-state index in [9.17, 15) is 9.59 Å². The fourth-order valence-electron chi connectivity index (χ4n) is 2.70. The number of nitrogens with zero attached hydrogens (tertiary/aromatic N) is 2. The van der Waals surface area contributed by atoms with E-state index < -0.39 is 5.91 Å². The number of nitrogens with two attached hydrogens (primary N) is 1. The van der Waals surface area contributed by atoms with Gasteiger partial charge in [0.2, 0.25) is 5.91 Å². The van der Waals surface area contributed by atoms with Gasteiger partial charge in [-0.1, -0.05) is 0 Å². The molecule has 0 bridgehead atoms. The summed E-state index contributed by atoms with van der Waals surface area (Å²) in [6.07, 6.45) is 1.000. The molecular weight excluding hydrogens is 266 g/mol. The summed E-state index contributed by atoms with van der Waals surface area (Å²) in [7, 11) is 1.85. The van der Waals surface area contributed by atoms with Crippen molar-refractivity contribution in [3.63, 3.8) is 0 Å². The first-order chi connectivity index (χ1) is 9.90. The van der Waals surface area contributed by atoms with Gasteiger partial charge < -0.3 is 10.6 Å². The number of amides is 2. The largest absolute Gasteiger partial charge is 0.366 e. The van der Waals surface area contributed by atoms with Crippen molar-refractivity contribution in [1.29, 1.82) is 0 Å². The average molecular weight is 289 g/mol. The summed E-state index contributed by atoms with van der Waals surface area (Å²) >= 11 is 0. The first-order valence-corrected chi connectivity index (χ1v) is 7.31. The minimum Gasteiger partial charge on any atom is -0.366 e. The van der Waals surface area contributed by atoms with Gasteiger partial charge in [-0.05, 0) is 44.5 Å². The van der Waals surface area contributed by atoms with Gasteiger partial charge >= 0.3 is 0 Å². The topological polar surface area (TPSA) is 66.6 Å². The number of benzene rings is 1. The molecule has 1 aliphatic heterocycles. The van der Waals surface area contributed by atoms with E-state index in [-0.39, 0.29) is 11.9 Å². The van der Waals surface area contributed by atoms with Crippen molar-refractivity contribution in [3.8, 4) is 0 Å². The second-order valence-corrected chi connectivity index (χ2v) is 5.89.